The monoisotopic (exact) mass is 458 g/mol. The lowest BCUT2D eigenvalue weighted by molar-refractivity contribution is 0.0971. The SMILES string of the molecule is COCCN(C(=O)c1c(O)c2cc(S(=O)CCOC)ccc2n(C)c1=O)c1ccccc1. The summed E-state index contributed by atoms with van der Waals surface area (Å²) in [7, 11) is 3.22. The Hall–Kier alpha value is -3.01. The van der Waals surface area contributed by atoms with Gasteiger partial charge in [-0.3, -0.25) is 13.8 Å². The number of hydrogen-bond acceptors (Lipinski definition) is 6. The van der Waals surface area contributed by atoms with E-state index in [0.29, 0.717) is 28.5 Å². The standard InChI is InChI=1S/C23H26N2O6S/c1-24-19-10-9-17(32(29)14-13-31-3)15-18(19)21(26)20(22(24)27)23(28)25(11-12-30-2)16-7-5-4-6-8-16/h4-10,15,26H,11-14H2,1-3H3. The molecule has 1 aromatic heterocycles. The molecule has 3 rings (SSSR count). The number of carbonyl (C=O) groups is 1. The fourth-order valence-corrected chi connectivity index (χ4v) is 4.42. The van der Waals surface area contributed by atoms with Crippen molar-refractivity contribution in [1.29, 1.82) is 0 Å². The Balaban J connectivity index is 2.14. The number of benzene rings is 2. The van der Waals surface area contributed by atoms with Gasteiger partial charge in [-0.2, -0.15) is 0 Å². The van der Waals surface area contributed by atoms with E-state index in [4.69, 9.17) is 9.47 Å². The van der Waals surface area contributed by atoms with Crippen LogP contribution in [0, 0.1) is 0 Å². The fourth-order valence-electron chi connectivity index (χ4n) is 3.39. The maximum absolute atomic E-state index is 13.5. The third-order valence-corrected chi connectivity index (χ3v) is 6.44. The maximum atomic E-state index is 13.5. The Bertz CT molecular complexity index is 1190. The number of ether oxygens (including phenoxy) is 2. The summed E-state index contributed by atoms with van der Waals surface area (Å²) < 4.78 is 23.9. The van der Waals surface area contributed by atoms with Crippen LogP contribution in [0.25, 0.3) is 10.9 Å². The molecule has 1 unspecified atom stereocenters. The molecule has 1 heterocycles. The molecule has 0 aliphatic rings. The lowest BCUT2D eigenvalue weighted by Gasteiger charge is -2.23. The summed E-state index contributed by atoms with van der Waals surface area (Å²) in [6, 6.07) is 13.7. The molecular weight excluding hydrogens is 432 g/mol. The summed E-state index contributed by atoms with van der Waals surface area (Å²) >= 11 is 0. The number of methoxy groups -OCH3 is 2. The molecule has 0 radical (unpaired) electrons. The van der Waals surface area contributed by atoms with Crippen LogP contribution in [0.3, 0.4) is 0 Å². The topological polar surface area (TPSA) is 98.1 Å². The van der Waals surface area contributed by atoms with Gasteiger partial charge in [-0.25, -0.2) is 0 Å². The minimum Gasteiger partial charge on any atom is -0.506 e. The number of pyridine rings is 1. The van der Waals surface area contributed by atoms with Crippen molar-refractivity contribution in [1.82, 2.24) is 4.57 Å². The van der Waals surface area contributed by atoms with Crippen molar-refractivity contribution in [2.24, 2.45) is 7.05 Å². The van der Waals surface area contributed by atoms with Gasteiger partial charge in [0.15, 0.2) is 0 Å². The smallest absolute Gasteiger partial charge is 0.267 e. The van der Waals surface area contributed by atoms with E-state index in [9.17, 15) is 18.9 Å². The quantitative estimate of drug-likeness (QED) is 0.528. The minimum atomic E-state index is -1.36. The Kier molecular flexibility index (Phi) is 7.79. The van der Waals surface area contributed by atoms with Crippen LogP contribution in [-0.2, 0) is 27.3 Å². The van der Waals surface area contributed by atoms with Crippen LogP contribution in [0.2, 0.25) is 0 Å². The van der Waals surface area contributed by atoms with Gasteiger partial charge in [-0.15, -0.1) is 0 Å². The van der Waals surface area contributed by atoms with Crippen molar-refractivity contribution in [2.75, 3.05) is 44.6 Å². The molecule has 0 fully saturated rings. The number of anilines is 1. The summed E-state index contributed by atoms with van der Waals surface area (Å²) in [4.78, 5) is 28.4. The van der Waals surface area contributed by atoms with E-state index in [0.717, 1.165) is 0 Å². The molecule has 1 N–H and O–H groups in total. The van der Waals surface area contributed by atoms with Crippen molar-refractivity contribution in [2.45, 2.75) is 4.90 Å². The Morgan fingerprint density at radius 3 is 2.44 bits per heavy atom. The maximum Gasteiger partial charge on any atom is 0.267 e. The van der Waals surface area contributed by atoms with Crippen LogP contribution in [0.5, 0.6) is 5.75 Å². The summed E-state index contributed by atoms with van der Waals surface area (Å²) in [6.07, 6.45) is 0. The highest BCUT2D eigenvalue weighted by Crippen LogP contribution is 2.30. The number of amides is 1. The number of hydrogen-bond donors (Lipinski definition) is 1. The first-order valence-corrected chi connectivity index (χ1v) is 11.3. The first kappa shape index (κ1) is 23.6. The summed E-state index contributed by atoms with van der Waals surface area (Å²) in [5.41, 5.74) is 0.0385. The summed E-state index contributed by atoms with van der Waals surface area (Å²) in [6.45, 7) is 0.762. The van der Waals surface area contributed by atoms with Gasteiger partial charge in [0.25, 0.3) is 11.5 Å². The van der Waals surface area contributed by atoms with Crippen LogP contribution in [0.4, 0.5) is 5.69 Å². The Labute approximate surface area is 188 Å². The molecule has 0 spiro atoms. The molecule has 9 heteroatoms. The van der Waals surface area contributed by atoms with Gasteiger partial charge >= 0.3 is 0 Å². The Morgan fingerprint density at radius 2 is 1.78 bits per heavy atom. The second-order valence-corrected chi connectivity index (χ2v) is 8.67. The molecule has 0 aliphatic heterocycles. The van der Waals surface area contributed by atoms with E-state index in [1.54, 1.807) is 42.5 Å². The summed E-state index contributed by atoms with van der Waals surface area (Å²) in [5, 5.41) is 11.3. The number of para-hydroxylation sites is 1. The average Bonchev–Trinajstić information content (AvgIpc) is 2.81. The van der Waals surface area contributed by atoms with E-state index < -0.39 is 28.0 Å². The first-order chi connectivity index (χ1) is 15.4. The molecule has 0 aliphatic carbocycles. The predicted molar refractivity (Wildman–Crippen MR) is 124 cm³/mol. The van der Waals surface area contributed by atoms with Gasteiger partial charge in [-0.1, -0.05) is 18.2 Å². The van der Waals surface area contributed by atoms with Crippen molar-refractivity contribution in [3.8, 4) is 5.75 Å². The molecule has 32 heavy (non-hydrogen) atoms. The Morgan fingerprint density at radius 1 is 1.09 bits per heavy atom. The van der Waals surface area contributed by atoms with Crippen LogP contribution >= 0.6 is 0 Å². The molecule has 0 saturated heterocycles. The van der Waals surface area contributed by atoms with E-state index in [1.165, 1.54) is 30.7 Å². The largest absolute Gasteiger partial charge is 0.506 e. The number of aryl methyl sites for hydroxylation is 1. The lowest BCUT2D eigenvalue weighted by atomic mass is 10.1. The van der Waals surface area contributed by atoms with E-state index >= 15 is 0 Å². The molecule has 1 atom stereocenters. The number of aromatic hydroxyl groups is 1. The molecule has 1 amide bonds. The van der Waals surface area contributed by atoms with Crippen molar-refractivity contribution in [3.05, 3.63) is 64.4 Å². The molecule has 2 aromatic carbocycles. The highest BCUT2D eigenvalue weighted by Gasteiger charge is 2.27. The third-order valence-electron chi connectivity index (χ3n) is 5.12. The van der Waals surface area contributed by atoms with Crippen LogP contribution in [-0.4, -0.2) is 59.5 Å². The number of nitrogens with zero attached hydrogens (tertiary/aromatic N) is 2. The van der Waals surface area contributed by atoms with Crippen molar-refractivity contribution >= 4 is 33.3 Å². The second-order valence-electron chi connectivity index (χ2n) is 7.09. The zero-order valence-electron chi connectivity index (χ0n) is 18.2. The lowest BCUT2D eigenvalue weighted by Crippen LogP contribution is -2.38. The molecule has 3 aromatic rings. The number of rotatable bonds is 9. The zero-order chi connectivity index (χ0) is 23.3. The molecular formula is C23H26N2O6S. The normalized spacial score (nSPS) is 12.1. The van der Waals surface area contributed by atoms with Gasteiger partial charge in [0.05, 0.1) is 35.3 Å². The highest BCUT2D eigenvalue weighted by molar-refractivity contribution is 7.85. The van der Waals surface area contributed by atoms with Crippen molar-refractivity contribution < 1.29 is 23.6 Å². The minimum absolute atomic E-state index is 0.195. The zero-order valence-corrected chi connectivity index (χ0v) is 19.1. The third kappa shape index (κ3) is 4.74. The van der Waals surface area contributed by atoms with Gasteiger partial charge in [0, 0.05) is 43.8 Å². The number of carbonyl (C=O) groups excluding carboxylic acids is 1. The number of fused-ring (bicyclic) bond motifs is 1. The second kappa shape index (κ2) is 10.5. The van der Waals surface area contributed by atoms with Gasteiger partial charge in [0.1, 0.15) is 11.3 Å². The molecule has 0 saturated carbocycles. The van der Waals surface area contributed by atoms with E-state index in [2.05, 4.69) is 0 Å². The summed E-state index contributed by atoms with van der Waals surface area (Å²) in [5.74, 6) is -0.782. The number of aromatic nitrogens is 1. The predicted octanol–water partition coefficient (Wildman–Crippen LogP) is 2.29. The van der Waals surface area contributed by atoms with Crippen LogP contribution in [0.15, 0.2) is 58.2 Å². The highest BCUT2D eigenvalue weighted by atomic mass is 32.2. The van der Waals surface area contributed by atoms with Gasteiger partial charge in [0.2, 0.25) is 0 Å². The van der Waals surface area contributed by atoms with Gasteiger partial charge in [-0.05, 0) is 30.3 Å². The van der Waals surface area contributed by atoms with E-state index in [-0.39, 0.29) is 24.1 Å². The van der Waals surface area contributed by atoms with Crippen molar-refractivity contribution in [3.63, 3.8) is 0 Å². The average molecular weight is 459 g/mol. The fraction of sp³-hybridized carbons (Fsp3) is 0.304. The molecule has 8 nitrogen and oxygen atoms in total. The molecule has 0 bridgehead atoms. The van der Waals surface area contributed by atoms with Gasteiger partial charge < -0.3 is 24.0 Å². The van der Waals surface area contributed by atoms with E-state index in [1.807, 2.05) is 6.07 Å². The van der Waals surface area contributed by atoms with Crippen LogP contribution < -0.4 is 10.5 Å². The van der Waals surface area contributed by atoms with Crippen LogP contribution in [0.1, 0.15) is 10.4 Å². The first-order valence-electron chi connectivity index (χ1n) is 9.99. The molecule has 170 valence electrons.